The van der Waals surface area contributed by atoms with Gasteiger partial charge in [-0.15, -0.1) is 0 Å². The van der Waals surface area contributed by atoms with Crippen molar-refractivity contribution in [2.24, 2.45) is 23.0 Å². The third kappa shape index (κ3) is 2.88. The zero-order valence-corrected chi connectivity index (χ0v) is 15.2. The number of para-hydroxylation sites is 1. The fourth-order valence-corrected chi connectivity index (χ4v) is 4.36. The molecule has 1 aromatic carbocycles. The topological polar surface area (TPSA) is 107 Å². The van der Waals surface area contributed by atoms with E-state index in [2.05, 4.69) is 4.74 Å². The van der Waals surface area contributed by atoms with Gasteiger partial charge in [-0.3, -0.25) is 0 Å². The molecule has 0 heterocycles. The molecule has 0 saturated carbocycles. The fraction of sp³-hybridized carbons (Fsp3) is 0.381. The molecule has 1 aromatic rings. The van der Waals surface area contributed by atoms with Gasteiger partial charge >= 0.3 is 6.61 Å². The van der Waals surface area contributed by atoms with Crippen molar-refractivity contribution in [3.05, 3.63) is 52.7 Å². The van der Waals surface area contributed by atoms with Gasteiger partial charge in [0.15, 0.2) is 5.41 Å². The lowest BCUT2D eigenvalue weighted by atomic mass is 9.56. The first-order valence-corrected chi connectivity index (χ1v) is 8.86. The van der Waals surface area contributed by atoms with Crippen molar-refractivity contribution in [3.63, 3.8) is 0 Å². The van der Waals surface area contributed by atoms with Gasteiger partial charge in [0, 0.05) is 11.5 Å². The molecule has 3 atom stereocenters. The average Bonchev–Trinajstić information content (AvgIpc) is 2.68. The minimum atomic E-state index is -3.05. The molecule has 0 radical (unpaired) electrons. The van der Waals surface area contributed by atoms with Gasteiger partial charge in [0.05, 0.1) is 23.4 Å². The number of allylic oxidation sites excluding steroid dienone is 4. The Bertz CT molecular complexity index is 963. The van der Waals surface area contributed by atoms with Gasteiger partial charge in [-0.25, -0.2) is 0 Å². The lowest BCUT2D eigenvalue weighted by Crippen LogP contribution is -2.43. The number of nitrogens with zero attached hydrogens (tertiary/aromatic N) is 3. The number of hydrogen-bond acceptors (Lipinski definition) is 5. The standard InChI is InChI=1S/C21H18F2N4O/c1-12-6-7-13-15(8-12)18(14-4-2-3-5-17(14)28-20(22)23)21(10-25,11-26)19(27)16(13)9-24/h2-5,7,12,15,18,20H,6,8,27H2,1H3/t12?,15-,18+/m1/s1. The Balaban J connectivity index is 2.33. The second-order valence-electron chi connectivity index (χ2n) is 7.17. The van der Waals surface area contributed by atoms with Crippen LogP contribution in [-0.2, 0) is 0 Å². The number of hydrogen-bond donors (Lipinski definition) is 1. The van der Waals surface area contributed by atoms with Crippen molar-refractivity contribution in [3.8, 4) is 24.0 Å². The fourth-order valence-electron chi connectivity index (χ4n) is 4.36. The zero-order chi connectivity index (χ0) is 20.5. The molecule has 3 rings (SSSR count). The van der Waals surface area contributed by atoms with E-state index in [-0.39, 0.29) is 28.9 Å². The molecule has 0 aliphatic heterocycles. The van der Waals surface area contributed by atoms with Gasteiger partial charge < -0.3 is 10.5 Å². The largest absolute Gasteiger partial charge is 0.435 e. The maximum atomic E-state index is 13.0. The number of benzene rings is 1. The van der Waals surface area contributed by atoms with Crippen LogP contribution in [0.5, 0.6) is 5.75 Å². The Morgan fingerprint density at radius 2 is 1.89 bits per heavy atom. The predicted molar refractivity (Wildman–Crippen MR) is 96.3 cm³/mol. The molecule has 0 bridgehead atoms. The number of nitriles is 3. The Labute approximate surface area is 161 Å². The molecule has 2 N–H and O–H groups in total. The van der Waals surface area contributed by atoms with Gasteiger partial charge in [0.25, 0.3) is 0 Å². The van der Waals surface area contributed by atoms with Crippen LogP contribution >= 0.6 is 0 Å². The quantitative estimate of drug-likeness (QED) is 0.848. The second kappa shape index (κ2) is 7.33. The van der Waals surface area contributed by atoms with Crippen LogP contribution in [-0.4, -0.2) is 6.61 Å². The minimum Gasteiger partial charge on any atom is -0.435 e. The maximum Gasteiger partial charge on any atom is 0.387 e. The Morgan fingerprint density at radius 1 is 1.21 bits per heavy atom. The molecule has 28 heavy (non-hydrogen) atoms. The number of rotatable bonds is 3. The predicted octanol–water partition coefficient (Wildman–Crippen LogP) is 4.13. The number of alkyl halides is 2. The molecular formula is C21H18F2N4O. The van der Waals surface area contributed by atoms with E-state index in [9.17, 15) is 24.6 Å². The number of ether oxygens (including phenoxy) is 1. The highest BCUT2D eigenvalue weighted by atomic mass is 19.3. The third-order valence-electron chi connectivity index (χ3n) is 5.58. The first kappa shape index (κ1) is 19.4. The molecule has 0 spiro atoms. The van der Waals surface area contributed by atoms with Crippen molar-refractivity contribution in [1.82, 2.24) is 0 Å². The van der Waals surface area contributed by atoms with Crippen molar-refractivity contribution in [2.45, 2.75) is 32.3 Å². The Kier molecular flexibility index (Phi) is 5.08. The molecule has 0 fully saturated rings. The maximum absolute atomic E-state index is 13.0. The van der Waals surface area contributed by atoms with Crippen LogP contribution in [0.4, 0.5) is 8.78 Å². The van der Waals surface area contributed by atoms with Gasteiger partial charge in [-0.2, -0.15) is 24.6 Å². The van der Waals surface area contributed by atoms with Crippen LogP contribution in [0.15, 0.2) is 47.2 Å². The second-order valence-corrected chi connectivity index (χ2v) is 7.17. The SMILES string of the molecule is CC1CC=C2C(C#N)=C(N)C(C#N)(C#N)[C@@H](c3ccccc3OC(F)F)[C@@H]2C1. The minimum absolute atomic E-state index is 0.0943. The summed E-state index contributed by atoms with van der Waals surface area (Å²) in [5.74, 6) is -1.06. The van der Waals surface area contributed by atoms with E-state index in [1.165, 1.54) is 6.07 Å². The highest BCUT2D eigenvalue weighted by Crippen LogP contribution is 2.57. The summed E-state index contributed by atoms with van der Waals surface area (Å²) >= 11 is 0. The lowest BCUT2D eigenvalue weighted by Gasteiger charge is -2.44. The van der Waals surface area contributed by atoms with E-state index in [0.29, 0.717) is 17.6 Å². The van der Waals surface area contributed by atoms with Gasteiger partial charge in [-0.1, -0.05) is 31.2 Å². The average molecular weight is 380 g/mol. The van der Waals surface area contributed by atoms with Crippen LogP contribution in [0.2, 0.25) is 0 Å². The van der Waals surface area contributed by atoms with Crippen LogP contribution < -0.4 is 10.5 Å². The molecule has 7 heteroatoms. The van der Waals surface area contributed by atoms with E-state index in [4.69, 9.17) is 5.73 Å². The molecule has 0 saturated heterocycles. The number of halogens is 2. The normalized spacial score (nSPS) is 25.8. The summed E-state index contributed by atoms with van der Waals surface area (Å²) < 4.78 is 30.6. The third-order valence-corrected chi connectivity index (χ3v) is 5.58. The lowest BCUT2D eigenvalue weighted by molar-refractivity contribution is -0.0509. The van der Waals surface area contributed by atoms with Crippen molar-refractivity contribution in [2.75, 3.05) is 0 Å². The van der Waals surface area contributed by atoms with Crippen LogP contribution in [0.3, 0.4) is 0 Å². The van der Waals surface area contributed by atoms with Gasteiger partial charge in [-0.05, 0) is 36.3 Å². The summed E-state index contributed by atoms with van der Waals surface area (Å²) in [5.41, 5.74) is 5.34. The smallest absolute Gasteiger partial charge is 0.387 e. The van der Waals surface area contributed by atoms with Crippen LogP contribution in [0.1, 0.15) is 31.2 Å². The van der Waals surface area contributed by atoms with E-state index in [1.54, 1.807) is 18.2 Å². The molecule has 1 unspecified atom stereocenters. The van der Waals surface area contributed by atoms with Crippen LogP contribution in [0, 0.1) is 51.2 Å². The molecule has 2 aliphatic carbocycles. The zero-order valence-electron chi connectivity index (χ0n) is 15.2. The monoisotopic (exact) mass is 380 g/mol. The number of nitrogens with two attached hydrogens (primary N) is 1. The van der Waals surface area contributed by atoms with Gasteiger partial charge in [0.2, 0.25) is 0 Å². The highest BCUT2D eigenvalue weighted by molar-refractivity contribution is 5.60. The van der Waals surface area contributed by atoms with Crippen molar-refractivity contribution in [1.29, 1.82) is 15.8 Å². The van der Waals surface area contributed by atoms with E-state index >= 15 is 0 Å². The summed E-state index contributed by atoms with van der Waals surface area (Å²) in [6.07, 6.45) is 3.24. The first-order valence-electron chi connectivity index (χ1n) is 8.86. The summed E-state index contributed by atoms with van der Waals surface area (Å²) in [4.78, 5) is 0. The molecule has 142 valence electrons. The first-order chi connectivity index (χ1) is 13.4. The van der Waals surface area contributed by atoms with Crippen molar-refractivity contribution >= 4 is 0 Å². The summed E-state index contributed by atoms with van der Waals surface area (Å²) in [6.45, 7) is -1.02. The highest BCUT2D eigenvalue weighted by Gasteiger charge is 2.55. The molecule has 0 amide bonds. The van der Waals surface area contributed by atoms with Crippen molar-refractivity contribution < 1.29 is 13.5 Å². The summed E-state index contributed by atoms with van der Waals surface area (Å²) in [6, 6.07) is 12.2. The Hall–Kier alpha value is -3.37. The Morgan fingerprint density at radius 3 is 2.50 bits per heavy atom. The molecule has 0 aromatic heterocycles. The number of fused-ring (bicyclic) bond motifs is 1. The molecule has 5 nitrogen and oxygen atoms in total. The van der Waals surface area contributed by atoms with E-state index in [0.717, 1.165) is 6.42 Å². The summed E-state index contributed by atoms with van der Waals surface area (Å²) in [5, 5.41) is 29.6. The van der Waals surface area contributed by atoms with E-state index in [1.807, 2.05) is 31.2 Å². The molecular weight excluding hydrogens is 362 g/mol. The van der Waals surface area contributed by atoms with E-state index < -0.39 is 17.9 Å². The van der Waals surface area contributed by atoms with Gasteiger partial charge in [0.1, 0.15) is 11.8 Å². The van der Waals surface area contributed by atoms with Crippen LogP contribution in [0.25, 0.3) is 0 Å². The molecule has 2 aliphatic rings. The summed E-state index contributed by atoms with van der Waals surface area (Å²) in [7, 11) is 0.